The third-order valence-electron chi connectivity index (χ3n) is 3.91. The number of primary amides is 1. The van der Waals surface area contributed by atoms with Crippen LogP contribution in [0.1, 0.15) is 32.3 Å². The Balaban J connectivity index is 2.84. The molecule has 0 aliphatic rings. The van der Waals surface area contributed by atoms with E-state index in [-0.39, 0.29) is 18.9 Å². The van der Waals surface area contributed by atoms with Gasteiger partial charge in [0, 0.05) is 12.2 Å². The van der Waals surface area contributed by atoms with Gasteiger partial charge < -0.3 is 22.1 Å². The van der Waals surface area contributed by atoms with Crippen molar-refractivity contribution in [3.8, 4) is 0 Å². The van der Waals surface area contributed by atoms with E-state index >= 15 is 0 Å². The van der Waals surface area contributed by atoms with E-state index in [1.807, 2.05) is 0 Å². The van der Waals surface area contributed by atoms with Gasteiger partial charge in [-0.05, 0) is 30.0 Å². The second-order valence-corrected chi connectivity index (χ2v) is 6.85. The van der Waals surface area contributed by atoms with E-state index in [0.29, 0.717) is 5.69 Å². The topological polar surface area (TPSA) is 177 Å². The first-order valence-corrected chi connectivity index (χ1v) is 8.78. The van der Waals surface area contributed by atoms with Crippen molar-refractivity contribution in [2.45, 2.75) is 39.3 Å². The van der Waals surface area contributed by atoms with Crippen LogP contribution in [0.4, 0.5) is 5.69 Å². The highest BCUT2D eigenvalue weighted by Gasteiger charge is 2.31. The normalized spacial score (nSPS) is 12.7. The summed E-state index contributed by atoms with van der Waals surface area (Å²) < 4.78 is 0. The van der Waals surface area contributed by atoms with Crippen LogP contribution >= 0.6 is 0 Å². The van der Waals surface area contributed by atoms with Gasteiger partial charge in [-0.2, -0.15) is 0 Å². The molecule has 0 fully saturated rings. The summed E-state index contributed by atoms with van der Waals surface area (Å²) in [5.41, 5.74) is 13.6. The first-order valence-electron chi connectivity index (χ1n) is 8.78. The molecule has 0 radical (unpaired) electrons. The lowest BCUT2D eigenvalue weighted by Crippen LogP contribution is -2.52. The highest BCUT2D eigenvalue weighted by Crippen LogP contribution is 2.13. The largest absolute Gasteiger partial charge is 0.399 e. The first-order chi connectivity index (χ1) is 13.1. The van der Waals surface area contributed by atoms with Crippen molar-refractivity contribution < 1.29 is 24.4 Å². The Morgan fingerprint density at radius 1 is 1.11 bits per heavy atom. The molecule has 0 heterocycles. The van der Waals surface area contributed by atoms with Crippen LogP contribution in [-0.4, -0.2) is 34.9 Å². The highest BCUT2D eigenvalue weighted by molar-refractivity contribution is 6.02. The molecule has 154 valence electrons. The van der Waals surface area contributed by atoms with E-state index in [4.69, 9.17) is 16.7 Å². The van der Waals surface area contributed by atoms with Crippen LogP contribution in [0, 0.1) is 11.8 Å². The van der Waals surface area contributed by atoms with Crippen molar-refractivity contribution in [3.63, 3.8) is 0 Å². The Morgan fingerprint density at radius 2 is 1.79 bits per heavy atom. The van der Waals surface area contributed by atoms with Gasteiger partial charge in [0.2, 0.25) is 17.7 Å². The van der Waals surface area contributed by atoms with E-state index in [1.54, 1.807) is 38.1 Å². The monoisotopic (exact) mass is 393 g/mol. The van der Waals surface area contributed by atoms with Crippen LogP contribution in [0.5, 0.6) is 0 Å². The molecule has 0 bridgehead atoms. The molecular weight excluding hydrogens is 366 g/mol. The Morgan fingerprint density at radius 3 is 2.32 bits per heavy atom. The summed E-state index contributed by atoms with van der Waals surface area (Å²) in [5.74, 6) is -4.37. The van der Waals surface area contributed by atoms with Gasteiger partial charge >= 0.3 is 0 Å². The summed E-state index contributed by atoms with van der Waals surface area (Å²) in [4.78, 5) is 48.0. The molecule has 0 saturated heterocycles. The third kappa shape index (κ3) is 7.62. The van der Waals surface area contributed by atoms with Crippen molar-refractivity contribution >= 4 is 29.3 Å². The van der Waals surface area contributed by atoms with E-state index in [1.165, 1.54) is 5.48 Å². The molecule has 1 aromatic rings. The summed E-state index contributed by atoms with van der Waals surface area (Å²) >= 11 is 0. The number of benzene rings is 1. The van der Waals surface area contributed by atoms with E-state index in [9.17, 15) is 19.2 Å². The zero-order valence-electron chi connectivity index (χ0n) is 15.9. The fourth-order valence-electron chi connectivity index (χ4n) is 2.58. The molecule has 2 atom stereocenters. The number of carbonyl (C=O) groups excluding carboxylic acids is 4. The van der Waals surface area contributed by atoms with Crippen LogP contribution < -0.4 is 27.6 Å². The molecule has 28 heavy (non-hydrogen) atoms. The molecule has 0 spiro atoms. The number of hydrogen-bond donors (Lipinski definition) is 6. The lowest BCUT2D eigenvalue weighted by atomic mass is 9.95. The average molecular weight is 393 g/mol. The van der Waals surface area contributed by atoms with Gasteiger partial charge in [0.1, 0.15) is 12.0 Å². The standard InChI is InChI=1S/C18H27N5O5/c1-10(2)6-13(17(26)23-28)16(25)22-14(8-15(20)24)18(27)21-9-11-4-3-5-12(19)7-11/h3-5,7,10,13-14,28H,6,8-9,19H2,1-2H3,(H2,20,24)(H,21,27)(H,22,25)(H,23,26). The summed E-state index contributed by atoms with van der Waals surface area (Å²) in [5, 5.41) is 13.8. The van der Waals surface area contributed by atoms with E-state index in [0.717, 1.165) is 5.56 Å². The van der Waals surface area contributed by atoms with E-state index < -0.39 is 42.0 Å². The van der Waals surface area contributed by atoms with Gasteiger partial charge in [-0.15, -0.1) is 0 Å². The predicted molar refractivity (Wildman–Crippen MR) is 101 cm³/mol. The number of nitrogens with one attached hydrogen (secondary N) is 3. The molecule has 2 unspecified atom stereocenters. The molecular formula is C18H27N5O5. The van der Waals surface area contributed by atoms with Crippen LogP contribution in [0.15, 0.2) is 24.3 Å². The summed E-state index contributed by atoms with van der Waals surface area (Å²) in [7, 11) is 0. The Hall–Kier alpha value is -3.14. The van der Waals surface area contributed by atoms with Gasteiger partial charge in [-0.3, -0.25) is 24.4 Å². The van der Waals surface area contributed by atoms with Gasteiger partial charge in [-0.1, -0.05) is 26.0 Å². The van der Waals surface area contributed by atoms with Crippen LogP contribution in [-0.2, 0) is 25.7 Å². The Bertz CT molecular complexity index is 722. The summed E-state index contributed by atoms with van der Waals surface area (Å²) in [6, 6.07) is 5.59. The predicted octanol–water partition coefficient (Wildman–Crippen LogP) is -0.587. The maximum Gasteiger partial charge on any atom is 0.255 e. The quantitative estimate of drug-likeness (QED) is 0.134. The van der Waals surface area contributed by atoms with Gasteiger partial charge in [0.15, 0.2) is 0 Å². The smallest absolute Gasteiger partial charge is 0.255 e. The molecule has 0 aromatic heterocycles. The number of anilines is 1. The zero-order chi connectivity index (χ0) is 21.3. The number of nitrogens with two attached hydrogens (primary N) is 2. The van der Waals surface area contributed by atoms with E-state index in [2.05, 4.69) is 10.6 Å². The Kier molecular flexibility index (Phi) is 8.89. The van der Waals surface area contributed by atoms with Crippen molar-refractivity contribution in [2.75, 3.05) is 5.73 Å². The summed E-state index contributed by atoms with van der Waals surface area (Å²) in [6.45, 7) is 3.72. The first kappa shape index (κ1) is 22.9. The van der Waals surface area contributed by atoms with Crippen molar-refractivity contribution in [3.05, 3.63) is 29.8 Å². The second kappa shape index (κ2) is 10.9. The van der Waals surface area contributed by atoms with Crippen LogP contribution in [0.2, 0.25) is 0 Å². The zero-order valence-corrected chi connectivity index (χ0v) is 15.9. The molecule has 10 heteroatoms. The highest BCUT2D eigenvalue weighted by atomic mass is 16.5. The molecule has 1 rings (SSSR count). The maximum absolute atomic E-state index is 12.5. The van der Waals surface area contributed by atoms with Gasteiger partial charge in [-0.25, -0.2) is 5.48 Å². The second-order valence-electron chi connectivity index (χ2n) is 6.85. The van der Waals surface area contributed by atoms with Crippen molar-refractivity contribution in [2.24, 2.45) is 17.6 Å². The molecule has 1 aromatic carbocycles. The van der Waals surface area contributed by atoms with Crippen LogP contribution in [0.25, 0.3) is 0 Å². The minimum atomic E-state index is -1.26. The van der Waals surface area contributed by atoms with Crippen molar-refractivity contribution in [1.82, 2.24) is 16.1 Å². The number of amides is 4. The molecule has 0 saturated carbocycles. The summed E-state index contributed by atoms with van der Waals surface area (Å²) in [6.07, 6.45) is -0.296. The number of hydrogen-bond acceptors (Lipinski definition) is 6. The van der Waals surface area contributed by atoms with Gasteiger partial charge in [0.25, 0.3) is 5.91 Å². The molecule has 8 N–H and O–H groups in total. The lowest BCUT2D eigenvalue weighted by molar-refractivity contribution is -0.143. The maximum atomic E-state index is 12.5. The Labute approximate surface area is 163 Å². The average Bonchev–Trinajstić information content (AvgIpc) is 2.62. The molecule has 10 nitrogen and oxygen atoms in total. The number of carbonyl (C=O) groups is 4. The van der Waals surface area contributed by atoms with Crippen molar-refractivity contribution in [1.29, 1.82) is 0 Å². The molecule has 0 aliphatic heterocycles. The minimum absolute atomic E-state index is 0.0278. The number of hydroxylamine groups is 1. The number of nitrogen functional groups attached to an aromatic ring is 1. The fourth-order valence-corrected chi connectivity index (χ4v) is 2.58. The van der Waals surface area contributed by atoms with Gasteiger partial charge in [0.05, 0.1) is 6.42 Å². The molecule has 0 aliphatic carbocycles. The SMILES string of the molecule is CC(C)CC(C(=O)NO)C(=O)NC(CC(N)=O)C(=O)NCc1cccc(N)c1. The fraction of sp³-hybridized carbons (Fsp3) is 0.444. The lowest BCUT2D eigenvalue weighted by Gasteiger charge is -2.21. The van der Waals surface area contributed by atoms with Crippen LogP contribution in [0.3, 0.4) is 0 Å². The molecule has 4 amide bonds. The number of rotatable bonds is 10. The minimum Gasteiger partial charge on any atom is -0.399 e. The third-order valence-corrected chi connectivity index (χ3v) is 3.91.